The molecule has 1 aromatic heterocycles. The Labute approximate surface area is 185 Å². The molecule has 0 fully saturated rings. The summed E-state index contributed by atoms with van der Waals surface area (Å²) in [7, 11) is 3.63. The van der Waals surface area contributed by atoms with Crippen LogP contribution in [-0.4, -0.2) is 53.9 Å². The van der Waals surface area contributed by atoms with Gasteiger partial charge in [0.05, 0.1) is 0 Å². The SMILES string of the molecule is CN(C)c1ncc(CC(NC(=O)OCC2c3ccccc3-c3ccccc32)C(=O)O)cn1. The number of hydrogen-bond acceptors (Lipinski definition) is 6. The molecule has 0 saturated heterocycles. The van der Waals surface area contributed by atoms with E-state index in [0.717, 1.165) is 22.3 Å². The van der Waals surface area contributed by atoms with Crippen LogP contribution < -0.4 is 10.2 Å². The van der Waals surface area contributed by atoms with Crippen molar-refractivity contribution < 1.29 is 19.4 Å². The van der Waals surface area contributed by atoms with Crippen molar-refractivity contribution in [3.05, 3.63) is 77.6 Å². The number of ether oxygens (including phenoxy) is 1. The van der Waals surface area contributed by atoms with Gasteiger partial charge in [-0.2, -0.15) is 0 Å². The zero-order chi connectivity index (χ0) is 22.7. The Bertz CT molecular complexity index is 1090. The number of fused-ring (bicyclic) bond motifs is 3. The molecule has 0 bridgehead atoms. The number of carbonyl (C=O) groups excluding carboxylic acids is 1. The molecule has 1 atom stereocenters. The number of carbonyl (C=O) groups is 2. The van der Waals surface area contributed by atoms with Crippen molar-refractivity contribution in [1.29, 1.82) is 0 Å². The number of anilines is 1. The largest absolute Gasteiger partial charge is 0.480 e. The van der Waals surface area contributed by atoms with Crippen LogP contribution in [0.3, 0.4) is 0 Å². The van der Waals surface area contributed by atoms with Gasteiger partial charge in [0.15, 0.2) is 0 Å². The first-order valence-corrected chi connectivity index (χ1v) is 10.3. The highest BCUT2D eigenvalue weighted by atomic mass is 16.5. The predicted molar refractivity (Wildman–Crippen MR) is 120 cm³/mol. The van der Waals surface area contributed by atoms with Gasteiger partial charge in [0.25, 0.3) is 0 Å². The number of carboxylic acid groups (broad SMARTS) is 1. The summed E-state index contributed by atoms with van der Waals surface area (Å²) in [4.78, 5) is 34.2. The third kappa shape index (κ3) is 4.39. The first kappa shape index (κ1) is 21.3. The first-order chi connectivity index (χ1) is 15.4. The number of aromatic nitrogens is 2. The van der Waals surface area contributed by atoms with Gasteiger partial charge in [0.1, 0.15) is 12.6 Å². The van der Waals surface area contributed by atoms with E-state index in [-0.39, 0.29) is 18.9 Å². The van der Waals surface area contributed by atoms with E-state index < -0.39 is 18.1 Å². The van der Waals surface area contributed by atoms with E-state index in [9.17, 15) is 14.7 Å². The summed E-state index contributed by atoms with van der Waals surface area (Å²) in [5.74, 6) is -0.733. The maximum atomic E-state index is 12.4. The molecule has 1 aliphatic carbocycles. The Morgan fingerprint density at radius 3 is 2.12 bits per heavy atom. The minimum atomic E-state index is -1.16. The lowest BCUT2D eigenvalue weighted by Gasteiger charge is -2.17. The number of amides is 1. The summed E-state index contributed by atoms with van der Waals surface area (Å²) < 4.78 is 5.46. The normalized spacial score (nSPS) is 13.1. The molecule has 0 saturated carbocycles. The minimum Gasteiger partial charge on any atom is -0.480 e. The van der Waals surface area contributed by atoms with Crippen molar-refractivity contribution in [2.24, 2.45) is 0 Å². The summed E-state index contributed by atoms with van der Waals surface area (Å²) in [5, 5.41) is 12.0. The molecule has 8 nitrogen and oxygen atoms in total. The van der Waals surface area contributed by atoms with Crippen LogP contribution in [0.5, 0.6) is 0 Å². The smallest absolute Gasteiger partial charge is 0.407 e. The molecule has 0 radical (unpaired) electrons. The molecule has 1 amide bonds. The van der Waals surface area contributed by atoms with Gasteiger partial charge in [-0.3, -0.25) is 0 Å². The monoisotopic (exact) mass is 432 g/mol. The minimum absolute atomic E-state index is 0.0488. The van der Waals surface area contributed by atoms with Crippen molar-refractivity contribution in [3.63, 3.8) is 0 Å². The van der Waals surface area contributed by atoms with E-state index in [2.05, 4.69) is 27.4 Å². The highest BCUT2D eigenvalue weighted by Gasteiger charge is 2.29. The Morgan fingerprint density at radius 1 is 1.03 bits per heavy atom. The highest BCUT2D eigenvalue weighted by molar-refractivity contribution is 5.81. The second kappa shape index (κ2) is 9.05. The Balaban J connectivity index is 1.41. The van der Waals surface area contributed by atoms with E-state index in [0.29, 0.717) is 11.5 Å². The molecule has 1 aliphatic rings. The fraction of sp³-hybridized carbons (Fsp3) is 0.250. The molecule has 164 valence electrons. The molecule has 32 heavy (non-hydrogen) atoms. The van der Waals surface area contributed by atoms with Crippen LogP contribution >= 0.6 is 0 Å². The maximum Gasteiger partial charge on any atom is 0.407 e. The molecule has 0 aliphatic heterocycles. The first-order valence-electron chi connectivity index (χ1n) is 10.3. The third-order valence-electron chi connectivity index (χ3n) is 5.47. The Morgan fingerprint density at radius 2 is 1.59 bits per heavy atom. The molecular weight excluding hydrogens is 408 g/mol. The molecule has 1 unspecified atom stereocenters. The van der Waals surface area contributed by atoms with Gasteiger partial charge in [-0.25, -0.2) is 19.6 Å². The molecule has 1 heterocycles. The van der Waals surface area contributed by atoms with E-state index in [1.807, 2.05) is 50.5 Å². The van der Waals surface area contributed by atoms with Crippen molar-refractivity contribution >= 4 is 18.0 Å². The number of hydrogen-bond donors (Lipinski definition) is 2. The standard InChI is InChI=1S/C24H24N4O4/c1-28(2)23-25-12-15(13-26-23)11-21(22(29)30)27-24(31)32-14-20-18-9-5-3-7-16(18)17-8-4-6-10-19(17)20/h3-10,12-13,20-21H,11,14H2,1-2H3,(H,27,31)(H,29,30). The lowest BCUT2D eigenvalue weighted by atomic mass is 9.98. The topological polar surface area (TPSA) is 105 Å². The van der Waals surface area contributed by atoms with E-state index in [1.165, 1.54) is 0 Å². The third-order valence-corrected chi connectivity index (χ3v) is 5.47. The zero-order valence-electron chi connectivity index (χ0n) is 17.9. The fourth-order valence-corrected chi connectivity index (χ4v) is 3.90. The Kier molecular flexibility index (Phi) is 6.02. The van der Waals surface area contributed by atoms with Gasteiger partial charge in [-0.15, -0.1) is 0 Å². The van der Waals surface area contributed by atoms with Gasteiger partial charge < -0.3 is 20.1 Å². The number of aliphatic carboxylic acids is 1. The number of benzene rings is 2. The number of rotatable bonds is 7. The van der Waals surface area contributed by atoms with Gasteiger partial charge in [0.2, 0.25) is 5.95 Å². The second-order valence-corrected chi connectivity index (χ2v) is 7.85. The van der Waals surface area contributed by atoms with Crippen LogP contribution in [-0.2, 0) is 16.0 Å². The van der Waals surface area contributed by atoms with Gasteiger partial charge in [0, 0.05) is 38.8 Å². The van der Waals surface area contributed by atoms with Crippen molar-refractivity contribution in [2.75, 3.05) is 25.6 Å². The maximum absolute atomic E-state index is 12.4. The van der Waals surface area contributed by atoms with E-state index >= 15 is 0 Å². The van der Waals surface area contributed by atoms with E-state index in [1.54, 1.807) is 17.3 Å². The summed E-state index contributed by atoms with van der Waals surface area (Å²) in [6.07, 6.45) is 2.38. The Hall–Kier alpha value is -3.94. The number of nitrogens with one attached hydrogen (secondary N) is 1. The van der Waals surface area contributed by atoms with Crippen LogP contribution in [0, 0.1) is 0 Å². The number of carboxylic acids is 1. The molecule has 2 aromatic carbocycles. The predicted octanol–water partition coefficient (Wildman–Crippen LogP) is 3.08. The average molecular weight is 432 g/mol. The van der Waals surface area contributed by atoms with Gasteiger partial charge in [-0.05, 0) is 27.8 Å². The summed E-state index contributed by atoms with van der Waals surface area (Å²) in [5.41, 5.74) is 5.04. The molecule has 0 spiro atoms. The van der Waals surface area contributed by atoms with Crippen molar-refractivity contribution in [2.45, 2.75) is 18.4 Å². The summed E-state index contributed by atoms with van der Waals surface area (Å²) in [6.45, 7) is 0.118. The number of nitrogens with zero attached hydrogens (tertiary/aromatic N) is 3. The van der Waals surface area contributed by atoms with Crippen LogP contribution in [0.15, 0.2) is 60.9 Å². The zero-order valence-corrected chi connectivity index (χ0v) is 17.9. The lowest BCUT2D eigenvalue weighted by Crippen LogP contribution is -2.43. The van der Waals surface area contributed by atoms with Crippen molar-refractivity contribution in [3.8, 4) is 11.1 Å². The quantitative estimate of drug-likeness (QED) is 0.591. The van der Waals surface area contributed by atoms with Crippen LogP contribution in [0.4, 0.5) is 10.7 Å². The number of alkyl carbamates (subject to hydrolysis) is 1. The van der Waals surface area contributed by atoms with Crippen LogP contribution in [0.2, 0.25) is 0 Å². The highest BCUT2D eigenvalue weighted by Crippen LogP contribution is 2.44. The van der Waals surface area contributed by atoms with Gasteiger partial charge >= 0.3 is 12.1 Å². The average Bonchev–Trinajstić information content (AvgIpc) is 3.11. The molecule has 3 aromatic rings. The fourth-order valence-electron chi connectivity index (χ4n) is 3.90. The van der Waals surface area contributed by atoms with Gasteiger partial charge in [-0.1, -0.05) is 48.5 Å². The molecule has 8 heteroatoms. The van der Waals surface area contributed by atoms with E-state index in [4.69, 9.17) is 4.74 Å². The summed E-state index contributed by atoms with van der Waals surface area (Å²) >= 11 is 0. The van der Waals surface area contributed by atoms with Crippen LogP contribution in [0.1, 0.15) is 22.6 Å². The molecule has 2 N–H and O–H groups in total. The molecular formula is C24H24N4O4. The second-order valence-electron chi connectivity index (χ2n) is 7.85. The van der Waals surface area contributed by atoms with Crippen molar-refractivity contribution in [1.82, 2.24) is 15.3 Å². The lowest BCUT2D eigenvalue weighted by molar-refractivity contribution is -0.139. The summed E-state index contributed by atoms with van der Waals surface area (Å²) in [6, 6.07) is 14.9. The molecule has 4 rings (SSSR count). The van der Waals surface area contributed by atoms with Crippen LogP contribution in [0.25, 0.3) is 11.1 Å².